The fourth-order valence-electron chi connectivity index (χ4n) is 3.42. The second-order valence-corrected chi connectivity index (χ2v) is 5.70. The number of esters is 1. The Morgan fingerprint density at radius 3 is 2.67 bits per heavy atom. The number of pyridine rings is 1. The number of carboxylic acids is 1. The number of rotatable bonds is 4. The molecule has 0 unspecified atom stereocenters. The number of carboxylic acid groups (broad SMARTS) is 1. The lowest BCUT2D eigenvalue weighted by molar-refractivity contribution is -0.162. The fourth-order valence-corrected chi connectivity index (χ4v) is 3.42. The Balaban J connectivity index is 1.73. The molecule has 1 aromatic heterocycles. The summed E-state index contributed by atoms with van der Waals surface area (Å²) >= 11 is 0. The molecule has 1 aromatic rings. The number of hydrogen-bond donors (Lipinski definition) is 1. The van der Waals surface area contributed by atoms with Crippen molar-refractivity contribution in [2.75, 3.05) is 0 Å². The normalized spacial score (nSPS) is 31.1. The summed E-state index contributed by atoms with van der Waals surface area (Å²) in [5.41, 5.74) is 0.802. The molecule has 5 nitrogen and oxygen atoms in total. The molecule has 5 atom stereocenters. The molecule has 1 heterocycles. The highest BCUT2D eigenvalue weighted by Gasteiger charge is 2.52. The molecule has 21 heavy (non-hydrogen) atoms. The zero-order valence-corrected chi connectivity index (χ0v) is 11.7. The SMILES string of the molecule is C[C@H](OC(=O)[C@H]1[C@@H](C(=O)O)[C@H]2C=C[C@H]1C2)c1cccnc1. The quantitative estimate of drug-likeness (QED) is 0.678. The molecule has 0 aromatic carbocycles. The summed E-state index contributed by atoms with van der Waals surface area (Å²) in [4.78, 5) is 27.8. The Kier molecular flexibility index (Phi) is 3.49. The number of ether oxygens (including phenoxy) is 1. The maximum Gasteiger partial charge on any atom is 0.311 e. The van der Waals surface area contributed by atoms with Gasteiger partial charge in [0, 0.05) is 18.0 Å². The van der Waals surface area contributed by atoms with E-state index in [1.165, 1.54) is 0 Å². The summed E-state index contributed by atoms with van der Waals surface area (Å²) in [6.45, 7) is 1.77. The van der Waals surface area contributed by atoms with Gasteiger partial charge >= 0.3 is 11.9 Å². The standard InChI is InChI=1S/C16H17NO4/c1-9(12-3-2-6-17-8-12)21-16(20)14-11-5-4-10(7-11)13(14)15(18)19/h2-6,8-11,13-14H,7H2,1H3,(H,18,19)/t9-,10-,11-,13-,14+/m0/s1. The summed E-state index contributed by atoms with van der Waals surface area (Å²) in [5, 5.41) is 9.35. The predicted molar refractivity (Wildman–Crippen MR) is 74.1 cm³/mol. The summed E-state index contributed by atoms with van der Waals surface area (Å²) in [6, 6.07) is 3.61. The molecule has 5 heteroatoms. The minimum atomic E-state index is -0.914. The Bertz CT molecular complexity index is 583. The topological polar surface area (TPSA) is 76.5 Å². The van der Waals surface area contributed by atoms with E-state index in [-0.39, 0.29) is 11.8 Å². The molecule has 3 rings (SSSR count). The Labute approximate surface area is 122 Å². The van der Waals surface area contributed by atoms with Crippen LogP contribution in [0.3, 0.4) is 0 Å². The third-order valence-corrected chi connectivity index (χ3v) is 4.46. The van der Waals surface area contributed by atoms with Crippen molar-refractivity contribution in [3.05, 3.63) is 42.2 Å². The van der Waals surface area contributed by atoms with Gasteiger partial charge in [-0.1, -0.05) is 18.2 Å². The summed E-state index contributed by atoms with van der Waals surface area (Å²) in [6.07, 6.45) is 7.47. The highest BCUT2D eigenvalue weighted by Crippen LogP contribution is 2.48. The van der Waals surface area contributed by atoms with Gasteiger partial charge in [-0.3, -0.25) is 14.6 Å². The molecule has 0 spiro atoms. The number of aromatic nitrogens is 1. The molecule has 0 amide bonds. The van der Waals surface area contributed by atoms with Crippen molar-refractivity contribution in [2.24, 2.45) is 23.7 Å². The van der Waals surface area contributed by atoms with E-state index in [0.29, 0.717) is 0 Å². The number of allylic oxidation sites excluding steroid dienone is 2. The van der Waals surface area contributed by atoms with Crippen LogP contribution < -0.4 is 0 Å². The summed E-state index contributed by atoms with van der Waals surface area (Å²) in [7, 11) is 0. The minimum absolute atomic E-state index is 0.00954. The van der Waals surface area contributed by atoms with Crippen molar-refractivity contribution in [3.63, 3.8) is 0 Å². The van der Waals surface area contributed by atoms with Crippen LogP contribution in [0, 0.1) is 23.7 Å². The smallest absolute Gasteiger partial charge is 0.311 e. The molecule has 2 aliphatic carbocycles. The first-order valence-electron chi connectivity index (χ1n) is 7.09. The molecule has 0 saturated heterocycles. The third kappa shape index (κ3) is 2.44. The van der Waals surface area contributed by atoms with Crippen LogP contribution in [0.4, 0.5) is 0 Å². The van der Waals surface area contributed by atoms with Gasteiger partial charge in [0.1, 0.15) is 6.10 Å². The minimum Gasteiger partial charge on any atom is -0.481 e. The second-order valence-electron chi connectivity index (χ2n) is 5.70. The van der Waals surface area contributed by atoms with Crippen molar-refractivity contribution >= 4 is 11.9 Å². The second kappa shape index (κ2) is 5.31. The van der Waals surface area contributed by atoms with E-state index in [1.54, 1.807) is 25.4 Å². The van der Waals surface area contributed by atoms with Crippen LogP contribution in [0.15, 0.2) is 36.7 Å². The van der Waals surface area contributed by atoms with Gasteiger partial charge in [-0.25, -0.2) is 0 Å². The lowest BCUT2D eigenvalue weighted by atomic mass is 9.83. The molecule has 2 bridgehead atoms. The number of fused-ring (bicyclic) bond motifs is 2. The van der Waals surface area contributed by atoms with E-state index < -0.39 is 29.9 Å². The maximum atomic E-state index is 12.4. The van der Waals surface area contributed by atoms with Gasteiger partial charge in [-0.15, -0.1) is 0 Å². The van der Waals surface area contributed by atoms with E-state index in [2.05, 4.69) is 4.98 Å². The van der Waals surface area contributed by atoms with Gasteiger partial charge in [0.15, 0.2) is 0 Å². The maximum absolute atomic E-state index is 12.4. The molecule has 110 valence electrons. The van der Waals surface area contributed by atoms with Gasteiger partial charge in [-0.2, -0.15) is 0 Å². The van der Waals surface area contributed by atoms with Crippen molar-refractivity contribution < 1.29 is 19.4 Å². The monoisotopic (exact) mass is 287 g/mol. The first kappa shape index (κ1) is 13.8. The molecule has 0 radical (unpaired) electrons. The lowest BCUT2D eigenvalue weighted by Crippen LogP contribution is -2.34. The first-order valence-corrected chi connectivity index (χ1v) is 7.09. The molecule has 2 aliphatic rings. The zero-order chi connectivity index (χ0) is 15.0. The molecule has 0 aliphatic heterocycles. The van der Waals surface area contributed by atoms with Crippen molar-refractivity contribution in [3.8, 4) is 0 Å². The first-order chi connectivity index (χ1) is 10.1. The Morgan fingerprint density at radius 1 is 1.33 bits per heavy atom. The van der Waals surface area contributed by atoms with Gasteiger partial charge in [0.2, 0.25) is 0 Å². The molecule has 1 saturated carbocycles. The van der Waals surface area contributed by atoms with Crippen LogP contribution in [0.25, 0.3) is 0 Å². The van der Waals surface area contributed by atoms with E-state index in [4.69, 9.17) is 4.74 Å². The van der Waals surface area contributed by atoms with Gasteiger partial charge in [-0.05, 0) is 31.2 Å². The average molecular weight is 287 g/mol. The Hall–Kier alpha value is -2.17. The van der Waals surface area contributed by atoms with Crippen LogP contribution in [0.1, 0.15) is 25.0 Å². The average Bonchev–Trinajstić information content (AvgIpc) is 3.08. The van der Waals surface area contributed by atoms with Gasteiger partial charge in [0.05, 0.1) is 11.8 Å². The number of aliphatic carboxylic acids is 1. The predicted octanol–water partition coefficient (Wildman–Crippen LogP) is 2.21. The number of nitrogens with zero attached hydrogens (tertiary/aromatic N) is 1. The zero-order valence-electron chi connectivity index (χ0n) is 11.7. The summed E-state index contributed by atoms with van der Waals surface area (Å²) < 4.78 is 5.48. The number of hydrogen-bond acceptors (Lipinski definition) is 4. The largest absolute Gasteiger partial charge is 0.481 e. The van der Waals surface area contributed by atoms with E-state index in [0.717, 1.165) is 12.0 Å². The van der Waals surface area contributed by atoms with E-state index in [9.17, 15) is 14.7 Å². The highest BCUT2D eigenvalue weighted by atomic mass is 16.5. The van der Waals surface area contributed by atoms with E-state index in [1.807, 2.05) is 18.2 Å². The van der Waals surface area contributed by atoms with Crippen LogP contribution >= 0.6 is 0 Å². The van der Waals surface area contributed by atoms with Crippen LogP contribution in [0.2, 0.25) is 0 Å². The molecule has 1 fully saturated rings. The Morgan fingerprint density at radius 2 is 2.05 bits per heavy atom. The highest BCUT2D eigenvalue weighted by molar-refractivity contribution is 5.83. The lowest BCUT2D eigenvalue weighted by Gasteiger charge is -2.24. The third-order valence-electron chi connectivity index (χ3n) is 4.46. The van der Waals surface area contributed by atoms with Crippen molar-refractivity contribution in [1.29, 1.82) is 0 Å². The van der Waals surface area contributed by atoms with Gasteiger partial charge < -0.3 is 9.84 Å². The fraction of sp³-hybridized carbons (Fsp3) is 0.438. The van der Waals surface area contributed by atoms with Crippen molar-refractivity contribution in [1.82, 2.24) is 4.98 Å². The number of carbonyl (C=O) groups excluding carboxylic acids is 1. The summed E-state index contributed by atoms with van der Waals surface area (Å²) in [5.74, 6) is -2.62. The molecular weight excluding hydrogens is 270 g/mol. The number of carbonyl (C=O) groups is 2. The van der Waals surface area contributed by atoms with Crippen LogP contribution in [0.5, 0.6) is 0 Å². The van der Waals surface area contributed by atoms with E-state index >= 15 is 0 Å². The van der Waals surface area contributed by atoms with Gasteiger partial charge in [0.25, 0.3) is 0 Å². The van der Waals surface area contributed by atoms with Crippen LogP contribution in [-0.4, -0.2) is 22.0 Å². The van der Waals surface area contributed by atoms with Crippen LogP contribution in [-0.2, 0) is 14.3 Å². The molecular formula is C16H17NO4. The van der Waals surface area contributed by atoms with Crippen molar-refractivity contribution in [2.45, 2.75) is 19.4 Å². The molecule has 1 N–H and O–H groups in total.